The van der Waals surface area contributed by atoms with E-state index in [-0.39, 0.29) is 5.75 Å². The molecule has 3 N–H and O–H groups in total. The number of aromatic amines is 1. The number of hydrogen-bond acceptors (Lipinski definition) is 6. The summed E-state index contributed by atoms with van der Waals surface area (Å²) in [6.07, 6.45) is 3.87. The van der Waals surface area contributed by atoms with Crippen LogP contribution in [0.4, 0.5) is 5.95 Å². The first-order valence-corrected chi connectivity index (χ1v) is 9.52. The first-order valence-electron chi connectivity index (χ1n) is 8.16. The largest absolute Gasteiger partial charge is 0.507 e. The van der Waals surface area contributed by atoms with Gasteiger partial charge in [0.15, 0.2) is 0 Å². The van der Waals surface area contributed by atoms with Gasteiger partial charge in [-0.1, -0.05) is 53.7 Å². The molecule has 0 aliphatic heterocycles. The highest BCUT2D eigenvalue weighted by Crippen LogP contribution is 2.22. The van der Waals surface area contributed by atoms with E-state index in [1.807, 2.05) is 36.4 Å². The number of aromatic hydroxyl groups is 1. The van der Waals surface area contributed by atoms with Crippen LogP contribution in [-0.2, 0) is 12.2 Å². The quantitative estimate of drug-likeness (QED) is 0.222. The molecule has 27 heavy (non-hydrogen) atoms. The number of hydrogen-bond donors (Lipinski definition) is 3. The van der Waals surface area contributed by atoms with Gasteiger partial charge in [0.2, 0.25) is 11.1 Å². The summed E-state index contributed by atoms with van der Waals surface area (Å²) in [5.41, 5.74) is 5.32. The van der Waals surface area contributed by atoms with E-state index in [0.29, 0.717) is 28.1 Å². The molecule has 0 aliphatic rings. The maximum Gasteiger partial charge on any atom is 0.240 e. The summed E-state index contributed by atoms with van der Waals surface area (Å²) in [5, 5.41) is 22.5. The molecular formula is C19H18ClN5OS. The fourth-order valence-corrected chi connectivity index (χ4v) is 3.17. The smallest absolute Gasteiger partial charge is 0.240 e. The molecule has 8 heteroatoms. The summed E-state index contributed by atoms with van der Waals surface area (Å²) in [5.74, 6) is 1.35. The maximum absolute atomic E-state index is 10.2. The molecule has 0 saturated heterocycles. The number of rotatable bonds is 8. The summed E-state index contributed by atoms with van der Waals surface area (Å²) >= 11 is 7.38. The molecule has 3 rings (SSSR count). The Morgan fingerprint density at radius 1 is 1.26 bits per heavy atom. The highest BCUT2D eigenvalue weighted by molar-refractivity contribution is 7.98. The van der Waals surface area contributed by atoms with Crippen molar-refractivity contribution in [1.82, 2.24) is 15.2 Å². The van der Waals surface area contributed by atoms with Gasteiger partial charge >= 0.3 is 0 Å². The Morgan fingerprint density at radius 2 is 2.07 bits per heavy atom. The van der Waals surface area contributed by atoms with Crippen LogP contribution in [0.15, 0.2) is 65.4 Å². The molecule has 0 spiro atoms. The zero-order valence-corrected chi connectivity index (χ0v) is 16.0. The number of phenols is 1. The molecule has 0 bridgehead atoms. The number of allylic oxidation sites excluding steroid dienone is 1. The summed E-state index contributed by atoms with van der Waals surface area (Å²) in [7, 11) is 0. The second-order valence-corrected chi connectivity index (χ2v) is 6.98. The molecular weight excluding hydrogens is 382 g/mol. The van der Waals surface area contributed by atoms with E-state index in [1.54, 1.807) is 12.1 Å². The Hall–Kier alpha value is -2.77. The summed E-state index contributed by atoms with van der Waals surface area (Å²) in [6.45, 7) is 3.68. The van der Waals surface area contributed by atoms with E-state index in [0.717, 1.165) is 16.9 Å². The topological polar surface area (TPSA) is 86.2 Å². The van der Waals surface area contributed by atoms with Crippen molar-refractivity contribution in [3.8, 4) is 5.75 Å². The molecule has 0 unspecified atom stereocenters. The Bertz CT molecular complexity index is 940. The van der Waals surface area contributed by atoms with Gasteiger partial charge in [-0.3, -0.25) is 0 Å². The second kappa shape index (κ2) is 9.25. The minimum atomic E-state index is 0.194. The van der Waals surface area contributed by atoms with Gasteiger partial charge in [0.25, 0.3) is 0 Å². The van der Waals surface area contributed by atoms with Crippen LogP contribution in [0.2, 0.25) is 5.02 Å². The molecule has 0 aliphatic carbocycles. The molecule has 3 aromatic rings. The number of para-hydroxylation sites is 1. The number of thioether (sulfide) groups is 1. The number of H-pyrrole nitrogens is 1. The minimum Gasteiger partial charge on any atom is -0.507 e. The highest BCUT2D eigenvalue weighted by atomic mass is 35.5. The summed E-state index contributed by atoms with van der Waals surface area (Å²) < 4.78 is 0. The van der Waals surface area contributed by atoms with Crippen LogP contribution in [0.1, 0.15) is 16.7 Å². The van der Waals surface area contributed by atoms with Crippen LogP contribution in [0.3, 0.4) is 0 Å². The van der Waals surface area contributed by atoms with E-state index in [9.17, 15) is 5.11 Å². The number of benzene rings is 2. The number of anilines is 1. The molecule has 1 aromatic heterocycles. The lowest BCUT2D eigenvalue weighted by molar-refractivity contribution is 0.469. The van der Waals surface area contributed by atoms with E-state index in [2.05, 4.69) is 32.3 Å². The van der Waals surface area contributed by atoms with Crippen LogP contribution in [0.5, 0.6) is 5.75 Å². The van der Waals surface area contributed by atoms with Crippen molar-refractivity contribution in [3.63, 3.8) is 0 Å². The van der Waals surface area contributed by atoms with Gasteiger partial charge in [-0.05, 0) is 35.7 Å². The first-order chi connectivity index (χ1) is 13.2. The van der Waals surface area contributed by atoms with Crippen molar-refractivity contribution in [2.45, 2.75) is 17.3 Å². The molecule has 0 radical (unpaired) electrons. The highest BCUT2D eigenvalue weighted by Gasteiger charge is 2.05. The van der Waals surface area contributed by atoms with Gasteiger partial charge < -0.3 is 5.11 Å². The molecule has 1 heterocycles. The van der Waals surface area contributed by atoms with Gasteiger partial charge in [-0.15, -0.1) is 11.7 Å². The summed E-state index contributed by atoms with van der Waals surface area (Å²) in [4.78, 5) is 4.31. The van der Waals surface area contributed by atoms with Gasteiger partial charge in [0.1, 0.15) is 5.75 Å². The first kappa shape index (κ1) is 19.0. The van der Waals surface area contributed by atoms with Crippen LogP contribution < -0.4 is 5.43 Å². The Kier molecular flexibility index (Phi) is 6.51. The van der Waals surface area contributed by atoms with Gasteiger partial charge in [0, 0.05) is 16.3 Å². The fraction of sp³-hybridized carbons (Fsp3) is 0.105. The molecule has 0 atom stereocenters. The standard InChI is InChI=1S/C19H18ClN5OS/c1-2-4-14-5-3-6-15(17(14)26)11-21-23-18-22-19(25-24-18)27-12-13-7-9-16(20)10-8-13/h2-3,5-11,26H,1,4,12H2,(H2,22,23,24,25)/b21-11+. The molecule has 0 fully saturated rings. The van der Waals surface area contributed by atoms with Crippen LogP contribution in [0, 0.1) is 0 Å². The van der Waals surface area contributed by atoms with Crippen molar-refractivity contribution < 1.29 is 5.11 Å². The number of phenolic OH excluding ortho intramolecular Hbond substituents is 1. The zero-order chi connectivity index (χ0) is 19.1. The minimum absolute atomic E-state index is 0.194. The maximum atomic E-state index is 10.2. The predicted molar refractivity (Wildman–Crippen MR) is 111 cm³/mol. The third-order valence-corrected chi connectivity index (χ3v) is 4.81. The number of halogens is 1. The lowest BCUT2D eigenvalue weighted by Crippen LogP contribution is -1.94. The number of aromatic nitrogens is 3. The van der Waals surface area contributed by atoms with Crippen LogP contribution >= 0.6 is 23.4 Å². The average molecular weight is 400 g/mol. The summed E-state index contributed by atoms with van der Waals surface area (Å²) in [6, 6.07) is 13.1. The second-order valence-electron chi connectivity index (χ2n) is 5.60. The van der Waals surface area contributed by atoms with Crippen molar-refractivity contribution in [1.29, 1.82) is 0 Å². The lowest BCUT2D eigenvalue weighted by Gasteiger charge is -2.04. The van der Waals surface area contributed by atoms with Crippen LogP contribution in [0.25, 0.3) is 0 Å². The third kappa shape index (κ3) is 5.35. The number of hydrazone groups is 1. The normalized spacial score (nSPS) is 11.0. The Labute approximate surface area is 166 Å². The van der Waals surface area contributed by atoms with E-state index >= 15 is 0 Å². The lowest BCUT2D eigenvalue weighted by atomic mass is 10.1. The van der Waals surface area contributed by atoms with Gasteiger partial charge in [-0.2, -0.15) is 10.1 Å². The average Bonchev–Trinajstić information content (AvgIpc) is 3.12. The van der Waals surface area contributed by atoms with Crippen molar-refractivity contribution in [2.24, 2.45) is 5.10 Å². The van der Waals surface area contributed by atoms with Crippen molar-refractivity contribution in [2.75, 3.05) is 5.43 Å². The molecule has 0 saturated carbocycles. The SMILES string of the molecule is C=CCc1cccc(/C=N/Nc2nc(SCc3ccc(Cl)cc3)n[nH]2)c1O. The fourth-order valence-electron chi connectivity index (χ4n) is 2.29. The molecule has 0 amide bonds. The third-order valence-electron chi connectivity index (χ3n) is 3.64. The van der Waals surface area contributed by atoms with Gasteiger partial charge in [-0.25, -0.2) is 10.5 Å². The van der Waals surface area contributed by atoms with E-state index < -0.39 is 0 Å². The Morgan fingerprint density at radius 3 is 2.85 bits per heavy atom. The molecule has 138 valence electrons. The van der Waals surface area contributed by atoms with Gasteiger partial charge in [0.05, 0.1) is 6.21 Å². The van der Waals surface area contributed by atoms with E-state index in [1.165, 1.54) is 18.0 Å². The molecule has 6 nitrogen and oxygen atoms in total. The van der Waals surface area contributed by atoms with Crippen LogP contribution in [-0.4, -0.2) is 26.5 Å². The predicted octanol–water partition coefficient (Wildman–Crippen LogP) is 4.63. The van der Waals surface area contributed by atoms with Crippen molar-refractivity contribution in [3.05, 3.63) is 76.8 Å². The zero-order valence-electron chi connectivity index (χ0n) is 14.4. The number of nitrogens with zero attached hydrogens (tertiary/aromatic N) is 3. The monoisotopic (exact) mass is 399 g/mol. The molecule has 2 aromatic carbocycles. The number of nitrogens with one attached hydrogen (secondary N) is 2. The van der Waals surface area contributed by atoms with E-state index in [4.69, 9.17) is 11.6 Å². The van der Waals surface area contributed by atoms with Crippen molar-refractivity contribution >= 4 is 35.5 Å². The Balaban J connectivity index is 1.56.